The Hall–Kier alpha value is -3.10. The average Bonchev–Trinajstić information content (AvgIpc) is 3.22. The van der Waals surface area contributed by atoms with Gasteiger partial charge in [-0.1, -0.05) is 36.4 Å². The molecule has 0 radical (unpaired) electrons. The summed E-state index contributed by atoms with van der Waals surface area (Å²) in [6.07, 6.45) is 0.208. The van der Waals surface area contributed by atoms with E-state index < -0.39 is 15.7 Å². The van der Waals surface area contributed by atoms with Crippen molar-refractivity contribution in [1.29, 1.82) is 0 Å². The van der Waals surface area contributed by atoms with Gasteiger partial charge in [0.15, 0.2) is 15.0 Å². The first kappa shape index (κ1) is 21.1. The van der Waals surface area contributed by atoms with E-state index in [0.717, 1.165) is 34.2 Å². The second kappa shape index (κ2) is 8.95. The van der Waals surface area contributed by atoms with Crippen LogP contribution in [0.4, 0.5) is 9.52 Å². The summed E-state index contributed by atoms with van der Waals surface area (Å²) in [7, 11) is -3.56. The minimum Gasteiger partial charge on any atom is -0.302 e. The second-order valence-electron chi connectivity index (χ2n) is 7.02. The van der Waals surface area contributed by atoms with Gasteiger partial charge in [-0.05, 0) is 47.5 Å². The Labute approximate surface area is 183 Å². The number of hydrogen-bond donors (Lipinski definition) is 1. The summed E-state index contributed by atoms with van der Waals surface area (Å²) in [6.45, 7) is 0. The van der Waals surface area contributed by atoms with Crippen LogP contribution >= 0.6 is 11.3 Å². The van der Waals surface area contributed by atoms with Crippen molar-refractivity contribution in [3.8, 4) is 11.3 Å². The molecule has 0 atom stereocenters. The van der Waals surface area contributed by atoms with Gasteiger partial charge in [-0.3, -0.25) is 4.79 Å². The number of aromatic nitrogens is 1. The van der Waals surface area contributed by atoms with Crippen LogP contribution in [0.2, 0.25) is 0 Å². The van der Waals surface area contributed by atoms with E-state index in [-0.39, 0.29) is 29.4 Å². The minimum absolute atomic E-state index is 0.0469. The lowest BCUT2D eigenvalue weighted by atomic mass is 10.1. The molecule has 1 aromatic heterocycles. The number of nitrogens with one attached hydrogen (secondary N) is 1. The highest BCUT2D eigenvalue weighted by molar-refractivity contribution is 7.91. The molecular formula is C23H19FN2O3S2. The maximum Gasteiger partial charge on any atom is 0.226 e. The Morgan fingerprint density at radius 2 is 1.74 bits per heavy atom. The molecule has 0 aliphatic heterocycles. The van der Waals surface area contributed by atoms with E-state index in [0.29, 0.717) is 5.13 Å². The number of sulfone groups is 1. The first-order valence-electron chi connectivity index (χ1n) is 9.64. The van der Waals surface area contributed by atoms with Crippen LogP contribution in [0.5, 0.6) is 0 Å². The van der Waals surface area contributed by atoms with Gasteiger partial charge in [-0.2, -0.15) is 0 Å². The summed E-state index contributed by atoms with van der Waals surface area (Å²) >= 11 is 1.32. The van der Waals surface area contributed by atoms with Gasteiger partial charge in [0.1, 0.15) is 5.82 Å². The van der Waals surface area contributed by atoms with Crippen molar-refractivity contribution in [2.24, 2.45) is 0 Å². The quantitative estimate of drug-likeness (QED) is 0.385. The van der Waals surface area contributed by atoms with Crippen LogP contribution in [0.1, 0.15) is 12.8 Å². The van der Waals surface area contributed by atoms with Crippen LogP contribution < -0.4 is 5.32 Å². The van der Waals surface area contributed by atoms with Crippen molar-refractivity contribution in [1.82, 2.24) is 4.98 Å². The number of nitrogens with zero attached hydrogens (tertiary/aromatic N) is 1. The van der Waals surface area contributed by atoms with Crippen molar-refractivity contribution in [3.63, 3.8) is 0 Å². The molecule has 4 rings (SSSR count). The van der Waals surface area contributed by atoms with Crippen LogP contribution in [0.3, 0.4) is 0 Å². The van der Waals surface area contributed by atoms with Gasteiger partial charge in [-0.25, -0.2) is 17.8 Å². The van der Waals surface area contributed by atoms with Gasteiger partial charge >= 0.3 is 0 Å². The molecule has 3 aromatic carbocycles. The van der Waals surface area contributed by atoms with E-state index in [4.69, 9.17) is 0 Å². The molecule has 0 aliphatic rings. The molecule has 4 aromatic rings. The summed E-state index contributed by atoms with van der Waals surface area (Å²) in [4.78, 5) is 16.7. The Balaban J connectivity index is 1.34. The average molecular weight is 455 g/mol. The van der Waals surface area contributed by atoms with Crippen molar-refractivity contribution in [2.75, 3.05) is 11.1 Å². The first-order chi connectivity index (χ1) is 14.9. The molecule has 0 bridgehead atoms. The Morgan fingerprint density at radius 3 is 2.52 bits per heavy atom. The second-order valence-corrected chi connectivity index (χ2v) is 9.99. The zero-order valence-corrected chi connectivity index (χ0v) is 18.0. The molecule has 158 valence electrons. The summed E-state index contributed by atoms with van der Waals surface area (Å²) < 4.78 is 37.5. The van der Waals surface area contributed by atoms with Crippen molar-refractivity contribution < 1.29 is 17.6 Å². The molecule has 1 N–H and O–H groups in total. The van der Waals surface area contributed by atoms with Gasteiger partial charge in [0, 0.05) is 17.4 Å². The fourth-order valence-corrected chi connectivity index (χ4v) is 5.22. The third kappa shape index (κ3) is 5.15. The molecule has 0 unspecified atom stereocenters. The van der Waals surface area contributed by atoms with Crippen LogP contribution in [0.25, 0.3) is 22.0 Å². The predicted molar refractivity (Wildman–Crippen MR) is 121 cm³/mol. The Bertz CT molecular complexity index is 1330. The summed E-state index contributed by atoms with van der Waals surface area (Å²) in [5, 5.41) is 7.32. The van der Waals surface area contributed by atoms with E-state index in [9.17, 15) is 17.6 Å². The Morgan fingerprint density at radius 1 is 1.00 bits per heavy atom. The number of amides is 1. The van der Waals surface area contributed by atoms with Crippen LogP contribution in [0, 0.1) is 5.82 Å². The number of carbonyl (C=O) groups excluding carboxylic acids is 1. The van der Waals surface area contributed by atoms with E-state index in [2.05, 4.69) is 16.4 Å². The molecule has 0 fully saturated rings. The lowest BCUT2D eigenvalue weighted by molar-refractivity contribution is -0.116. The SMILES string of the molecule is O=C(CCCS(=O)(=O)c1ccc(F)cc1)Nc1nc(-c2ccc3ccccc3c2)cs1. The number of thiazole rings is 1. The zero-order chi connectivity index (χ0) is 21.8. The third-order valence-corrected chi connectivity index (χ3v) is 7.36. The van der Waals surface area contributed by atoms with Crippen molar-refractivity contribution >= 4 is 43.0 Å². The van der Waals surface area contributed by atoms with E-state index in [1.54, 1.807) is 0 Å². The number of halogens is 1. The highest BCUT2D eigenvalue weighted by atomic mass is 32.2. The standard InChI is InChI=1S/C23H19FN2O3S2/c24-19-9-11-20(12-10-19)31(28,29)13-3-6-22(27)26-23-25-21(15-30-23)18-8-7-16-4-1-2-5-17(16)14-18/h1-2,4-5,7-12,14-15H,3,6,13H2,(H,25,26,27). The smallest absolute Gasteiger partial charge is 0.226 e. The molecular weight excluding hydrogens is 435 g/mol. The maximum absolute atomic E-state index is 13.0. The van der Waals surface area contributed by atoms with E-state index >= 15 is 0 Å². The van der Waals surface area contributed by atoms with Gasteiger partial charge < -0.3 is 5.32 Å². The topological polar surface area (TPSA) is 76.1 Å². The highest BCUT2D eigenvalue weighted by Gasteiger charge is 2.16. The predicted octanol–water partition coefficient (Wildman–Crippen LogP) is 5.30. The molecule has 5 nitrogen and oxygen atoms in total. The lowest BCUT2D eigenvalue weighted by Crippen LogP contribution is -2.14. The van der Waals surface area contributed by atoms with Crippen molar-refractivity contribution in [2.45, 2.75) is 17.7 Å². The highest BCUT2D eigenvalue weighted by Crippen LogP contribution is 2.28. The van der Waals surface area contributed by atoms with Gasteiger partial charge in [-0.15, -0.1) is 11.3 Å². The van der Waals surface area contributed by atoms with Crippen LogP contribution in [0.15, 0.2) is 77.0 Å². The van der Waals surface area contributed by atoms with Crippen molar-refractivity contribution in [3.05, 3.63) is 77.9 Å². The summed E-state index contributed by atoms with van der Waals surface area (Å²) in [5.41, 5.74) is 1.73. The van der Waals surface area contributed by atoms with Crippen LogP contribution in [-0.4, -0.2) is 25.1 Å². The molecule has 1 amide bonds. The molecule has 0 spiro atoms. The first-order valence-corrected chi connectivity index (χ1v) is 12.2. The lowest BCUT2D eigenvalue weighted by Gasteiger charge is -2.05. The fraction of sp³-hybridized carbons (Fsp3) is 0.130. The normalized spacial score (nSPS) is 11.5. The number of hydrogen-bond acceptors (Lipinski definition) is 5. The number of benzene rings is 3. The largest absolute Gasteiger partial charge is 0.302 e. The molecule has 1 heterocycles. The minimum atomic E-state index is -3.56. The van der Waals surface area contributed by atoms with Crippen LogP contribution in [-0.2, 0) is 14.6 Å². The van der Waals surface area contributed by atoms with Gasteiger partial charge in [0.2, 0.25) is 5.91 Å². The monoisotopic (exact) mass is 454 g/mol. The third-order valence-electron chi connectivity index (χ3n) is 4.79. The summed E-state index contributed by atoms with van der Waals surface area (Å²) in [5.74, 6) is -0.981. The molecule has 31 heavy (non-hydrogen) atoms. The molecule has 0 saturated heterocycles. The van der Waals surface area contributed by atoms with Gasteiger partial charge in [0.05, 0.1) is 16.3 Å². The zero-order valence-electron chi connectivity index (χ0n) is 16.4. The molecule has 0 saturated carbocycles. The number of carbonyl (C=O) groups is 1. The van der Waals surface area contributed by atoms with E-state index in [1.165, 1.54) is 23.5 Å². The number of anilines is 1. The summed E-state index contributed by atoms with van der Waals surface area (Å²) in [6, 6.07) is 18.8. The van der Waals surface area contributed by atoms with Gasteiger partial charge in [0.25, 0.3) is 0 Å². The number of rotatable bonds is 7. The Kier molecular flexibility index (Phi) is 6.11. The maximum atomic E-state index is 13.0. The fourth-order valence-electron chi connectivity index (χ4n) is 3.18. The number of fused-ring (bicyclic) bond motifs is 1. The molecule has 0 aliphatic carbocycles. The van der Waals surface area contributed by atoms with E-state index in [1.807, 2.05) is 41.8 Å². The molecule has 8 heteroatoms.